The van der Waals surface area contributed by atoms with E-state index in [-0.39, 0.29) is 0 Å². The Morgan fingerprint density at radius 1 is 1.24 bits per heavy atom. The molecule has 116 valence electrons. The lowest BCUT2D eigenvalue weighted by atomic mass is 10.0. The van der Waals surface area contributed by atoms with Gasteiger partial charge < -0.3 is 5.32 Å². The van der Waals surface area contributed by atoms with Crippen LogP contribution in [0, 0.1) is 0 Å². The normalized spacial score (nSPS) is 12.8. The fraction of sp³-hybridized carbons (Fsp3) is 0.588. The van der Waals surface area contributed by atoms with Crippen molar-refractivity contribution >= 4 is 11.3 Å². The average Bonchev–Trinajstić information content (AvgIpc) is 3.12. The molecule has 0 fully saturated rings. The Bertz CT molecular complexity index is 556. The van der Waals surface area contributed by atoms with Crippen molar-refractivity contribution in [2.45, 2.75) is 59.5 Å². The van der Waals surface area contributed by atoms with Crippen LogP contribution in [0.15, 0.2) is 17.5 Å². The first-order valence-electron chi connectivity index (χ1n) is 8.08. The summed E-state index contributed by atoms with van der Waals surface area (Å²) < 4.78 is 2.16. The number of aryl methyl sites for hydroxylation is 3. The fourth-order valence-electron chi connectivity index (χ4n) is 2.78. The molecule has 1 atom stereocenters. The predicted molar refractivity (Wildman–Crippen MR) is 91.1 cm³/mol. The van der Waals surface area contributed by atoms with E-state index < -0.39 is 0 Å². The van der Waals surface area contributed by atoms with Gasteiger partial charge >= 0.3 is 0 Å². The number of hydrogen-bond donors (Lipinski definition) is 1. The number of nitrogens with one attached hydrogen (secondary N) is 1. The van der Waals surface area contributed by atoms with E-state index in [1.807, 2.05) is 11.3 Å². The highest BCUT2D eigenvalue weighted by Crippen LogP contribution is 2.28. The molecule has 1 unspecified atom stereocenters. The highest BCUT2D eigenvalue weighted by Gasteiger charge is 2.18. The molecule has 0 bridgehead atoms. The highest BCUT2D eigenvalue weighted by molar-refractivity contribution is 7.10. The summed E-state index contributed by atoms with van der Waals surface area (Å²) in [4.78, 5) is 1.49. The molecule has 0 amide bonds. The summed E-state index contributed by atoms with van der Waals surface area (Å²) in [5, 5.41) is 10.5. The van der Waals surface area contributed by atoms with Crippen molar-refractivity contribution in [3.63, 3.8) is 0 Å². The summed E-state index contributed by atoms with van der Waals surface area (Å²) in [5.41, 5.74) is 4.02. The maximum Gasteiger partial charge on any atom is 0.0624 e. The summed E-state index contributed by atoms with van der Waals surface area (Å²) in [6.45, 7) is 10.7. The van der Waals surface area contributed by atoms with Gasteiger partial charge in [0.15, 0.2) is 0 Å². The Hall–Kier alpha value is -1.13. The van der Waals surface area contributed by atoms with Gasteiger partial charge in [-0.25, -0.2) is 0 Å². The molecule has 0 saturated carbocycles. The van der Waals surface area contributed by atoms with Crippen LogP contribution in [-0.4, -0.2) is 16.3 Å². The van der Waals surface area contributed by atoms with Gasteiger partial charge in [-0.15, -0.1) is 11.3 Å². The topological polar surface area (TPSA) is 29.9 Å². The van der Waals surface area contributed by atoms with Crippen LogP contribution in [0.3, 0.4) is 0 Å². The van der Waals surface area contributed by atoms with Gasteiger partial charge in [0.05, 0.1) is 5.69 Å². The second kappa shape index (κ2) is 7.76. The molecule has 21 heavy (non-hydrogen) atoms. The van der Waals surface area contributed by atoms with Crippen molar-refractivity contribution in [3.05, 3.63) is 39.3 Å². The lowest BCUT2D eigenvalue weighted by Crippen LogP contribution is -2.24. The van der Waals surface area contributed by atoms with Crippen LogP contribution in [0.25, 0.3) is 0 Å². The SMILES string of the molecule is CCNC(Cc1cc(CC)nn1CC)c1sccc1CC. The predicted octanol–water partition coefficient (Wildman–Crippen LogP) is 3.98. The molecule has 0 aromatic carbocycles. The van der Waals surface area contributed by atoms with E-state index in [9.17, 15) is 0 Å². The van der Waals surface area contributed by atoms with Crippen LogP contribution in [0.5, 0.6) is 0 Å². The molecule has 0 aliphatic heterocycles. The second-order valence-corrected chi connectivity index (χ2v) is 6.22. The van der Waals surface area contributed by atoms with Crippen LogP contribution in [-0.2, 0) is 25.8 Å². The molecule has 0 aliphatic carbocycles. The quantitative estimate of drug-likeness (QED) is 0.799. The first-order valence-corrected chi connectivity index (χ1v) is 8.96. The van der Waals surface area contributed by atoms with Gasteiger partial charge in [0, 0.05) is 29.6 Å². The molecule has 0 saturated heterocycles. The van der Waals surface area contributed by atoms with Gasteiger partial charge in [0.1, 0.15) is 0 Å². The lowest BCUT2D eigenvalue weighted by molar-refractivity contribution is 0.519. The lowest BCUT2D eigenvalue weighted by Gasteiger charge is -2.18. The Kier molecular flexibility index (Phi) is 6.00. The van der Waals surface area contributed by atoms with Crippen LogP contribution in [0.4, 0.5) is 0 Å². The zero-order valence-corrected chi connectivity index (χ0v) is 14.5. The molecule has 0 spiro atoms. The molecular formula is C17H27N3S. The Morgan fingerprint density at radius 3 is 2.67 bits per heavy atom. The zero-order chi connectivity index (χ0) is 15.2. The Balaban J connectivity index is 2.26. The highest BCUT2D eigenvalue weighted by atomic mass is 32.1. The van der Waals surface area contributed by atoms with E-state index >= 15 is 0 Å². The Morgan fingerprint density at radius 2 is 2.05 bits per heavy atom. The van der Waals surface area contributed by atoms with Crippen LogP contribution >= 0.6 is 11.3 Å². The van der Waals surface area contributed by atoms with Crippen molar-refractivity contribution in [1.82, 2.24) is 15.1 Å². The molecule has 2 aromatic heterocycles. The minimum Gasteiger partial charge on any atom is -0.309 e. The second-order valence-electron chi connectivity index (χ2n) is 5.27. The maximum absolute atomic E-state index is 4.68. The number of thiophene rings is 1. The number of rotatable bonds is 8. The van der Waals surface area contributed by atoms with Crippen molar-refractivity contribution in [1.29, 1.82) is 0 Å². The summed E-state index contributed by atoms with van der Waals surface area (Å²) in [7, 11) is 0. The van der Waals surface area contributed by atoms with E-state index in [4.69, 9.17) is 0 Å². The van der Waals surface area contributed by atoms with E-state index in [0.29, 0.717) is 6.04 Å². The third kappa shape index (κ3) is 3.74. The van der Waals surface area contributed by atoms with Gasteiger partial charge in [-0.2, -0.15) is 5.10 Å². The smallest absolute Gasteiger partial charge is 0.0624 e. The summed E-state index contributed by atoms with van der Waals surface area (Å²) in [6, 6.07) is 4.93. The molecule has 2 aromatic rings. The molecule has 0 aliphatic rings. The number of nitrogens with zero attached hydrogens (tertiary/aromatic N) is 2. The summed E-state index contributed by atoms with van der Waals surface area (Å²) in [5.74, 6) is 0. The number of aromatic nitrogens is 2. The molecular weight excluding hydrogens is 278 g/mol. The first-order chi connectivity index (χ1) is 10.2. The van der Waals surface area contributed by atoms with Gasteiger partial charge in [0.2, 0.25) is 0 Å². The zero-order valence-electron chi connectivity index (χ0n) is 13.6. The minimum absolute atomic E-state index is 0.400. The van der Waals surface area contributed by atoms with Crippen LogP contribution in [0.2, 0.25) is 0 Å². The van der Waals surface area contributed by atoms with E-state index in [1.54, 1.807) is 0 Å². The molecule has 2 rings (SSSR count). The molecule has 3 nitrogen and oxygen atoms in total. The third-order valence-corrected chi connectivity index (χ3v) is 4.99. The molecule has 1 N–H and O–H groups in total. The van der Waals surface area contributed by atoms with E-state index in [2.05, 4.69) is 60.3 Å². The van der Waals surface area contributed by atoms with Gasteiger partial charge in [0.25, 0.3) is 0 Å². The van der Waals surface area contributed by atoms with E-state index in [1.165, 1.54) is 21.8 Å². The molecule has 0 radical (unpaired) electrons. The van der Waals surface area contributed by atoms with E-state index in [0.717, 1.165) is 32.4 Å². The number of likely N-dealkylation sites (N-methyl/N-ethyl adjacent to an activating group) is 1. The number of hydrogen-bond acceptors (Lipinski definition) is 3. The molecule has 2 heterocycles. The van der Waals surface area contributed by atoms with Crippen molar-refractivity contribution in [3.8, 4) is 0 Å². The molecule has 4 heteroatoms. The summed E-state index contributed by atoms with van der Waals surface area (Å²) >= 11 is 1.88. The Labute approximate surface area is 132 Å². The van der Waals surface area contributed by atoms with Crippen LogP contribution < -0.4 is 5.32 Å². The first kappa shape index (κ1) is 16.2. The monoisotopic (exact) mass is 305 g/mol. The van der Waals surface area contributed by atoms with Gasteiger partial charge in [-0.1, -0.05) is 20.8 Å². The maximum atomic E-state index is 4.68. The van der Waals surface area contributed by atoms with Gasteiger partial charge in [-0.05, 0) is 49.4 Å². The van der Waals surface area contributed by atoms with Crippen LogP contribution in [0.1, 0.15) is 55.6 Å². The van der Waals surface area contributed by atoms with Crippen molar-refractivity contribution in [2.75, 3.05) is 6.54 Å². The summed E-state index contributed by atoms with van der Waals surface area (Å²) in [6.07, 6.45) is 3.13. The minimum atomic E-state index is 0.400. The third-order valence-electron chi connectivity index (χ3n) is 3.92. The van der Waals surface area contributed by atoms with Crippen molar-refractivity contribution < 1.29 is 0 Å². The standard InChI is InChI=1S/C17H27N3S/c1-5-13-9-10-21-17(13)16(18-7-3)12-15-11-14(6-2)19-20(15)8-4/h9-11,16,18H,5-8,12H2,1-4H3. The van der Waals surface area contributed by atoms with Gasteiger partial charge in [-0.3, -0.25) is 4.68 Å². The fourth-order valence-corrected chi connectivity index (χ4v) is 3.86. The largest absolute Gasteiger partial charge is 0.309 e. The van der Waals surface area contributed by atoms with Crippen molar-refractivity contribution in [2.24, 2.45) is 0 Å². The average molecular weight is 305 g/mol.